The number of hydrogen-bond donors (Lipinski definition) is 0. The maximum absolute atomic E-state index is 8.95. The normalized spacial score (nSPS) is 21.4. The van der Waals surface area contributed by atoms with E-state index >= 15 is 0 Å². The average molecular weight is 245 g/mol. The van der Waals surface area contributed by atoms with Crippen molar-refractivity contribution in [1.82, 2.24) is 4.98 Å². The molecule has 0 aromatic carbocycles. The highest BCUT2D eigenvalue weighted by atomic mass is 16.7. The minimum absolute atomic E-state index is 0.427. The number of aromatic nitrogens is 1. The molecular formula is C13H15N3O2. The van der Waals surface area contributed by atoms with Crippen LogP contribution in [0.25, 0.3) is 0 Å². The molecule has 0 aliphatic carbocycles. The first-order valence-electron chi connectivity index (χ1n) is 6.12. The molecule has 1 aromatic heterocycles. The summed E-state index contributed by atoms with van der Waals surface area (Å²) in [5.74, 6) is -0.427. The van der Waals surface area contributed by atoms with Gasteiger partial charge in [0.25, 0.3) is 0 Å². The molecule has 0 atom stereocenters. The van der Waals surface area contributed by atoms with Gasteiger partial charge in [-0.15, -0.1) is 0 Å². The van der Waals surface area contributed by atoms with Gasteiger partial charge in [0.1, 0.15) is 11.8 Å². The molecule has 5 nitrogen and oxygen atoms in total. The Morgan fingerprint density at radius 3 is 2.89 bits per heavy atom. The highest BCUT2D eigenvalue weighted by Gasteiger charge is 2.43. The standard InChI is InChI=1S/C13H15N3O2/c1-10-6-12(7-11(8-14)15-10)16-3-2-13(9-16)17-4-5-18-13/h6-7H,2-5,9H2,1H3. The van der Waals surface area contributed by atoms with Crippen LogP contribution in [-0.2, 0) is 9.47 Å². The first-order chi connectivity index (χ1) is 8.71. The van der Waals surface area contributed by atoms with Gasteiger partial charge in [0.05, 0.1) is 19.8 Å². The van der Waals surface area contributed by atoms with Crippen molar-refractivity contribution < 1.29 is 9.47 Å². The molecule has 94 valence electrons. The predicted octanol–water partition coefficient (Wildman–Crippen LogP) is 1.21. The Hall–Kier alpha value is -1.64. The van der Waals surface area contributed by atoms with Gasteiger partial charge >= 0.3 is 0 Å². The quantitative estimate of drug-likeness (QED) is 0.744. The molecule has 2 aliphatic heterocycles. The lowest BCUT2D eigenvalue weighted by atomic mass is 10.2. The van der Waals surface area contributed by atoms with Crippen LogP contribution in [0.2, 0.25) is 0 Å². The molecule has 2 aliphatic rings. The maximum Gasteiger partial charge on any atom is 0.187 e. The van der Waals surface area contributed by atoms with E-state index in [4.69, 9.17) is 14.7 Å². The zero-order valence-corrected chi connectivity index (χ0v) is 10.3. The molecule has 3 heterocycles. The van der Waals surface area contributed by atoms with E-state index in [1.165, 1.54) is 0 Å². The first kappa shape index (κ1) is 11.5. The Balaban J connectivity index is 1.84. The molecule has 2 fully saturated rings. The van der Waals surface area contributed by atoms with E-state index in [9.17, 15) is 0 Å². The molecule has 5 heteroatoms. The largest absolute Gasteiger partial charge is 0.366 e. The van der Waals surface area contributed by atoms with Crippen molar-refractivity contribution in [1.29, 1.82) is 5.26 Å². The smallest absolute Gasteiger partial charge is 0.187 e. The van der Waals surface area contributed by atoms with Crippen LogP contribution < -0.4 is 4.90 Å². The number of rotatable bonds is 1. The highest BCUT2D eigenvalue weighted by Crippen LogP contribution is 2.33. The molecule has 1 aromatic rings. The first-order valence-corrected chi connectivity index (χ1v) is 6.12. The number of pyridine rings is 1. The zero-order valence-electron chi connectivity index (χ0n) is 10.3. The number of hydrogen-bond acceptors (Lipinski definition) is 5. The van der Waals surface area contributed by atoms with E-state index in [1.54, 1.807) is 0 Å². The summed E-state index contributed by atoms with van der Waals surface area (Å²) in [4.78, 5) is 6.36. The van der Waals surface area contributed by atoms with Gasteiger partial charge in [-0.2, -0.15) is 5.26 Å². The maximum atomic E-state index is 8.95. The van der Waals surface area contributed by atoms with E-state index in [-0.39, 0.29) is 0 Å². The van der Waals surface area contributed by atoms with Crippen molar-refractivity contribution in [3.05, 3.63) is 23.5 Å². The van der Waals surface area contributed by atoms with Crippen LogP contribution in [0.1, 0.15) is 17.8 Å². The average Bonchev–Trinajstić information content (AvgIpc) is 3.00. The van der Waals surface area contributed by atoms with Gasteiger partial charge in [-0.1, -0.05) is 0 Å². The fraction of sp³-hybridized carbons (Fsp3) is 0.538. The zero-order chi connectivity index (χ0) is 12.6. The van der Waals surface area contributed by atoms with Crippen molar-refractivity contribution in [2.45, 2.75) is 19.1 Å². The van der Waals surface area contributed by atoms with Crippen molar-refractivity contribution in [2.75, 3.05) is 31.2 Å². The van der Waals surface area contributed by atoms with Gasteiger partial charge in [-0.25, -0.2) is 4.98 Å². The van der Waals surface area contributed by atoms with Gasteiger partial charge in [0.15, 0.2) is 5.79 Å². The summed E-state index contributed by atoms with van der Waals surface area (Å²) in [6, 6.07) is 5.91. The minimum Gasteiger partial charge on any atom is -0.366 e. The molecule has 0 radical (unpaired) electrons. The Bertz CT molecular complexity index is 503. The summed E-state index contributed by atoms with van der Waals surface area (Å²) in [6.07, 6.45) is 0.871. The number of nitrogens with zero attached hydrogens (tertiary/aromatic N) is 3. The highest BCUT2D eigenvalue weighted by molar-refractivity contribution is 5.51. The molecule has 18 heavy (non-hydrogen) atoms. The van der Waals surface area contributed by atoms with Gasteiger partial charge in [0.2, 0.25) is 0 Å². The summed E-state index contributed by atoms with van der Waals surface area (Å²) in [5.41, 5.74) is 2.34. The van der Waals surface area contributed by atoms with E-state index in [0.717, 1.165) is 30.9 Å². The number of nitriles is 1. The van der Waals surface area contributed by atoms with Crippen LogP contribution in [0.3, 0.4) is 0 Å². The van der Waals surface area contributed by atoms with Gasteiger partial charge in [-0.3, -0.25) is 0 Å². The number of anilines is 1. The lowest BCUT2D eigenvalue weighted by Gasteiger charge is -2.23. The summed E-state index contributed by atoms with van der Waals surface area (Å²) in [7, 11) is 0. The molecule has 3 rings (SSSR count). The summed E-state index contributed by atoms with van der Waals surface area (Å²) in [5, 5.41) is 8.95. The van der Waals surface area contributed by atoms with Crippen LogP contribution >= 0.6 is 0 Å². The molecule has 0 N–H and O–H groups in total. The van der Waals surface area contributed by atoms with Gasteiger partial charge in [-0.05, 0) is 19.1 Å². The Morgan fingerprint density at radius 2 is 2.17 bits per heavy atom. The molecule has 0 bridgehead atoms. The predicted molar refractivity (Wildman–Crippen MR) is 65.2 cm³/mol. The van der Waals surface area contributed by atoms with Gasteiger partial charge < -0.3 is 14.4 Å². The summed E-state index contributed by atoms with van der Waals surface area (Å²) >= 11 is 0. The fourth-order valence-corrected chi connectivity index (χ4v) is 2.60. The van der Waals surface area contributed by atoms with E-state index < -0.39 is 5.79 Å². The number of ether oxygens (including phenoxy) is 2. The fourth-order valence-electron chi connectivity index (χ4n) is 2.60. The van der Waals surface area contributed by atoms with Crippen molar-refractivity contribution in [3.8, 4) is 6.07 Å². The topological polar surface area (TPSA) is 58.4 Å². The second kappa shape index (κ2) is 4.23. The molecule has 2 saturated heterocycles. The van der Waals surface area contributed by atoms with E-state index in [0.29, 0.717) is 18.9 Å². The molecule has 0 amide bonds. The Labute approximate surface area is 106 Å². The number of aryl methyl sites for hydroxylation is 1. The van der Waals surface area contributed by atoms with Crippen molar-refractivity contribution >= 4 is 5.69 Å². The van der Waals surface area contributed by atoms with E-state index in [1.807, 2.05) is 19.1 Å². The minimum atomic E-state index is -0.427. The van der Waals surface area contributed by atoms with Crippen LogP contribution in [0.4, 0.5) is 5.69 Å². The van der Waals surface area contributed by atoms with Crippen LogP contribution in [0.5, 0.6) is 0 Å². The monoisotopic (exact) mass is 245 g/mol. The van der Waals surface area contributed by atoms with E-state index in [2.05, 4.69) is 16.0 Å². The van der Waals surface area contributed by atoms with Crippen LogP contribution in [-0.4, -0.2) is 37.1 Å². The lowest BCUT2D eigenvalue weighted by Crippen LogP contribution is -2.34. The molecule has 0 saturated carbocycles. The third kappa shape index (κ3) is 1.94. The third-order valence-electron chi connectivity index (χ3n) is 3.43. The SMILES string of the molecule is Cc1cc(N2CCC3(C2)OCCO3)cc(C#N)n1. The van der Waals surface area contributed by atoms with Crippen LogP contribution in [0.15, 0.2) is 12.1 Å². The Kier molecular flexibility index (Phi) is 2.69. The summed E-state index contributed by atoms with van der Waals surface area (Å²) < 4.78 is 11.4. The van der Waals surface area contributed by atoms with Crippen molar-refractivity contribution in [2.24, 2.45) is 0 Å². The summed E-state index contributed by atoms with van der Waals surface area (Å²) in [6.45, 7) is 4.85. The Morgan fingerprint density at radius 1 is 1.39 bits per heavy atom. The second-order valence-electron chi connectivity index (χ2n) is 4.74. The molecule has 0 unspecified atom stereocenters. The molecular weight excluding hydrogens is 230 g/mol. The van der Waals surface area contributed by atoms with Crippen LogP contribution in [0, 0.1) is 18.3 Å². The van der Waals surface area contributed by atoms with Gasteiger partial charge in [0, 0.05) is 24.3 Å². The second-order valence-corrected chi connectivity index (χ2v) is 4.74. The lowest BCUT2D eigenvalue weighted by molar-refractivity contribution is -0.137. The van der Waals surface area contributed by atoms with Crippen molar-refractivity contribution in [3.63, 3.8) is 0 Å². The molecule has 1 spiro atoms. The third-order valence-corrected chi connectivity index (χ3v) is 3.43.